The third kappa shape index (κ3) is 3.04. The minimum atomic E-state index is -1.06. The molecule has 9 rings (SSSR count). The number of thiophene rings is 4. The summed E-state index contributed by atoms with van der Waals surface area (Å²) < 4.78 is 18.2. The number of carbonyl (C=O) groups is 1. The second-order valence-corrected chi connectivity index (χ2v) is 13.7. The van der Waals surface area contributed by atoms with Crippen molar-refractivity contribution in [3.05, 3.63) is 118 Å². The number of benzene rings is 3. The van der Waals surface area contributed by atoms with Crippen molar-refractivity contribution in [1.82, 2.24) is 0 Å². The van der Waals surface area contributed by atoms with Gasteiger partial charge in [0.05, 0.1) is 5.56 Å². The summed E-state index contributed by atoms with van der Waals surface area (Å²) in [6, 6.07) is 29.1. The Morgan fingerprint density at radius 3 is 1.77 bits per heavy atom. The van der Waals surface area contributed by atoms with Crippen LogP contribution in [-0.4, -0.2) is 5.97 Å². The molecule has 39 heavy (non-hydrogen) atoms. The number of rotatable bonds is 2. The van der Waals surface area contributed by atoms with Crippen molar-refractivity contribution in [3.63, 3.8) is 0 Å². The fourth-order valence-electron chi connectivity index (χ4n) is 5.80. The number of esters is 1. The third-order valence-corrected chi connectivity index (χ3v) is 11.8. The van der Waals surface area contributed by atoms with Gasteiger partial charge in [-0.2, -0.15) is 0 Å². The van der Waals surface area contributed by atoms with Gasteiger partial charge in [-0.25, -0.2) is 4.79 Å². The van der Waals surface area contributed by atoms with E-state index in [-0.39, 0.29) is 5.97 Å². The highest BCUT2D eigenvalue weighted by Gasteiger charge is 2.53. The molecule has 7 heteroatoms. The average Bonchev–Trinajstić information content (AvgIpc) is 3.76. The monoisotopic (exact) mass is 576 g/mol. The quantitative estimate of drug-likeness (QED) is 0.192. The zero-order valence-electron chi connectivity index (χ0n) is 20.1. The first-order valence-corrected chi connectivity index (χ1v) is 15.8. The van der Waals surface area contributed by atoms with Crippen molar-refractivity contribution in [2.75, 3.05) is 0 Å². The molecule has 0 radical (unpaired) electrons. The summed E-state index contributed by atoms with van der Waals surface area (Å²) in [5, 5.41) is 4.25. The largest absolute Gasteiger partial charge is 0.456 e. The van der Waals surface area contributed by atoms with E-state index in [0.29, 0.717) is 17.1 Å². The molecule has 0 N–H and O–H groups in total. The first kappa shape index (κ1) is 22.1. The van der Waals surface area contributed by atoms with Crippen molar-refractivity contribution in [3.8, 4) is 32.4 Å². The van der Waals surface area contributed by atoms with E-state index in [1.807, 2.05) is 24.3 Å². The predicted molar refractivity (Wildman–Crippen MR) is 162 cm³/mol. The average molecular weight is 577 g/mol. The maximum atomic E-state index is 13.2. The molecule has 2 aliphatic rings. The number of ether oxygens (including phenoxy) is 2. The molecule has 2 aliphatic heterocycles. The van der Waals surface area contributed by atoms with Gasteiger partial charge in [0, 0.05) is 45.2 Å². The zero-order chi connectivity index (χ0) is 25.7. The Kier molecular flexibility index (Phi) is 4.48. The second kappa shape index (κ2) is 7.90. The summed E-state index contributed by atoms with van der Waals surface area (Å²) in [6.07, 6.45) is 0. The van der Waals surface area contributed by atoms with Crippen LogP contribution in [0.4, 0.5) is 0 Å². The lowest BCUT2D eigenvalue weighted by Crippen LogP contribution is -2.33. The summed E-state index contributed by atoms with van der Waals surface area (Å²) in [4.78, 5) is 15.6. The molecule has 0 saturated carbocycles. The highest BCUT2D eigenvalue weighted by molar-refractivity contribution is 7.29. The number of carbonyl (C=O) groups excluding carboxylic acids is 1. The first-order valence-electron chi connectivity index (χ1n) is 12.4. The number of hydrogen-bond acceptors (Lipinski definition) is 7. The standard InChI is InChI=1S/C32H16O3S4/c33-31-19-3-1-2-4-20(19)32(35-31)21-7-5-17(27-15-29-25(38-27)9-11-36-29)13-23(21)34-24-14-18(6-8-22(24)32)28-16-30-26(39-28)10-12-37-30/h1-16H. The molecule has 0 aliphatic carbocycles. The molecule has 6 heterocycles. The Morgan fingerprint density at radius 1 is 0.590 bits per heavy atom. The normalized spacial score (nSPS) is 14.8. The summed E-state index contributed by atoms with van der Waals surface area (Å²) in [5.41, 5.74) is 4.27. The van der Waals surface area contributed by atoms with Crippen LogP contribution in [0.5, 0.6) is 11.5 Å². The van der Waals surface area contributed by atoms with Gasteiger partial charge in [0.1, 0.15) is 11.5 Å². The maximum Gasteiger partial charge on any atom is 0.340 e. The molecule has 3 aromatic carbocycles. The molecule has 0 saturated heterocycles. The molecule has 3 nitrogen and oxygen atoms in total. The second-order valence-electron chi connectivity index (χ2n) is 9.66. The van der Waals surface area contributed by atoms with E-state index in [1.54, 1.807) is 45.3 Å². The summed E-state index contributed by atoms with van der Waals surface area (Å²) in [6.45, 7) is 0. The third-order valence-electron chi connectivity index (χ3n) is 7.56. The molecule has 0 fully saturated rings. The Balaban J connectivity index is 1.27. The number of fused-ring (bicyclic) bond motifs is 8. The van der Waals surface area contributed by atoms with Gasteiger partial charge in [0.25, 0.3) is 0 Å². The van der Waals surface area contributed by atoms with Crippen LogP contribution >= 0.6 is 45.3 Å². The number of hydrogen-bond donors (Lipinski definition) is 0. The first-order chi connectivity index (χ1) is 19.2. The van der Waals surface area contributed by atoms with Crippen LogP contribution in [-0.2, 0) is 10.3 Å². The Hall–Kier alpha value is -3.75. The van der Waals surface area contributed by atoms with Crippen LogP contribution in [0.15, 0.2) is 95.7 Å². The van der Waals surface area contributed by atoms with Gasteiger partial charge in [-0.15, -0.1) is 45.3 Å². The van der Waals surface area contributed by atoms with E-state index in [2.05, 4.69) is 71.4 Å². The molecule has 7 aromatic rings. The van der Waals surface area contributed by atoms with Crippen molar-refractivity contribution < 1.29 is 14.3 Å². The molecular formula is C32H16O3S4. The minimum absolute atomic E-state index is 0.311. The molecule has 1 spiro atoms. The Morgan fingerprint density at radius 2 is 1.18 bits per heavy atom. The van der Waals surface area contributed by atoms with Crippen molar-refractivity contribution in [2.45, 2.75) is 5.60 Å². The molecule has 4 aromatic heterocycles. The van der Waals surface area contributed by atoms with Crippen LogP contribution in [0.25, 0.3) is 39.7 Å². The molecule has 0 amide bonds. The Labute approximate surface area is 239 Å². The molecule has 186 valence electrons. The lowest BCUT2D eigenvalue weighted by molar-refractivity contribution is 0.0224. The van der Waals surface area contributed by atoms with Crippen LogP contribution < -0.4 is 4.74 Å². The van der Waals surface area contributed by atoms with E-state index in [0.717, 1.165) is 27.8 Å². The lowest BCUT2D eigenvalue weighted by atomic mass is 9.77. The Bertz CT molecular complexity index is 1950. The fourth-order valence-corrected chi connectivity index (χ4v) is 10.0. The van der Waals surface area contributed by atoms with Gasteiger partial charge in [-0.3, -0.25) is 0 Å². The summed E-state index contributed by atoms with van der Waals surface area (Å²) in [7, 11) is 0. The predicted octanol–water partition coefficient (Wildman–Crippen LogP) is 10.1. The molecular weight excluding hydrogens is 561 g/mol. The van der Waals surface area contributed by atoms with Crippen LogP contribution in [0.3, 0.4) is 0 Å². The van der Waals surface area contributed by atoms with E-state index in [1.165, 1.54) is 28.6 Å². The van der Waals surface area contributed by atoms with Crippen molar-refractivity contribution in [2.24, 2.45) is 0 Å². The van der Waals surface area contributed by atoms with Gasteiger partial charge in [0.15, 0.2) is 5.60 Å². The van der Waals surface area contributed by atoms with Gasteiger partial charge < -0.3 is 9.47 Å². The lowest BCUT2D eigenvalue weighted by Gasteiger charge is -2.36. The van der Waals surface area contributed by atoms with E-state index in [4.69, 9.17) is 9.47 Å². The van der Waals surface area contributed by atoms with Gasteiger partial charge >= 0.3 is 5.97 Å². The summed E-state index contributed by atoms with van der Waals surface area (Å²) >= 11 is 7.07. The topological polar surface area (TPSA) is 35.5 Å². The molecule has 0 unspecified atom stereocenters. The SMILES string of the molecule is O=C1OC2(c3ccc(-c4cc5sccc5s4)cc3Oc3cc(-c4cc5sccc5s4)ccc32)c2ccccc21. The van der Waals surface area contributed by atoms with E-state index >= 15 is 0 Å². The zero-order valence-corrected chi connectivity index (χ0v) is 23.4. The van der Waals surface area contributed by atoms with Gasteiger partial charge in [-0.05, 0) is 76.5 Å². The van der Waals surface area contributed by atoms with E-state index < -0.39 is 5.60 Å². The highest BCUT2D eigenvalue weighted by atomic mass is 32.1. The summed E-state index contributed by atoms with van der Waals surface area (Å²) in [5.74, 6) is 1.12. The van der Waals surface area contributed by atoms with Gasteiger partial charge in [0.2, 0.25) is 0 Å². The highest BCUT2D eigenvalue weighted by Crippen LogP contribution is 2.57. The minimum Gasteiger partial charge on any atom is -0.456 e. The van der Waals surface area contributed by atoms with Crippen LogP contribution in [0.1, 0.15) is 27.0 Å². The molecule has 0 atom stereocenters. The van der Waals surface area contributed by atoms with E-state index in [9.17, 15) is 4.79 Å². The molecule has 0 bridgehead atoms. The van der Waals surface area contributed by atoms with Crippen LogP contribution in [0.2, 0.25) is 0 Å². The maximum absolute atomic E-state index is 13.2. The fraction of sp³-hybridized carbons (Fsp3) is 0.0312. The smallest absolute Gasteiger partial charge is 0.340 e. The van der Waals surface area contributed by atoms with Crippen LogP contribution in [0, 0.1) is 0 Å². The van der Waals surface area contributed by atoms with Gasteiger partial charge in [-0.1, -0.05) is 30.3 Å². The van der Waals surface area contributed by atoms with Crippen molar-refractivity contribution in [1.29, 1.82) is 0 Å². The van der Waals surface area contributed by atoms with Crippen molar-refractivity contribution >= 4 is 70.1 Å².